The fourth-order valence-electron chi connectivity index (χ4n) is 3.08. The predicted octanol–water partition coefficient (Wildman–Crippen LogP) is 2.57. The number of hydrogen-bond acceptors (Lipinski definition) is 7. The van der Waals surface area contributed by atoms with E-state index in [1.165, 1.54) is 11.8 Å². The summed E-state index contributed by atoms with van der Waals surface area (Å²) in [6.07, 6.45) is 0. The van der Waals surface area contributed by atoms with Crippen LogP contribution >= 0.6 is 11.8 Å². The van der Waals surface area contributed by atoms with Gasteiger partial charge in [-0.2, -0.15) is 0 Å². The molecule has 9 heteroatoms. The molecule has 158 valence electrons. The topological polar surface area (TPSA) is 75.5 Å². The normalized spacial score (nSPS) is 14.3. The average molecular weight is 419 g/mol. The van der Waals surface area contributed by atoms with E-state index in [0.29, 0.717) is 19.1 Å². The van der Waals surface area contributed by atoms with Crippen LogP contribution in [0.2, 0.25) is 0 Å². The van der Waals surface area contributed by atoms with Crippen molar-refractivity contribution in [2.75, 3.05) is 61.3 Å². The van der Waals surface area contributed by atoms with Crippen molar-refractivity contribution < 1.29 is 9.53 Å². The summed E-state index contributed by atoms with van der Waals surface area (Å²) in [5, 5.41) is 12.5. The molecule has 0 unspecified atom stereocenters. The molecule has 1 aliphatic rings. The zero-order valence-corrected chi connectivity index (χ0v) is 18.4. The van der Waals surface area contributed by atoms with Gasteiger partial charge in [-0.15, -0.1) is 10.2 Å². The molecule has 1 fully saturated rings. The van der Waals surface area contributed by atoms with Crippen LogP contribution in [0.1, 0.15) is 13.8 Å². The number of anilines is 3. The highest BCUT2D eigenvalue weighted by molar-refractivity contribution is 7.99. The van der Waals surface area contributed by atoms with Gasteiger partial charge in [0.25, 0.3) is 0 Å². The van der Waals surface area contributed by atoms with Crippen LogP contribution in [-0.2, 0) is 16.1 Å². The summed E-state index contributed by atoms with van der Waals surface area (Å²) >= 11 is 1.42. The number of amides is 1. The minimum atomic E-state index is -0.0559. The van der Waals surface area contributed by atoms with Gasteiger partial charge < -0.3 is 19.9 Å². The lowest BCUT2D eigenvalue weighted by Gasteiger charge is -2.28. The van der Waals surface area contributed by atoms with Gasteiger partial charge in [0.05, 0.1) is 19.0 Å². The fourth-order valence-corrected chi connectivity index (χ4v) is 3.82. The second-order valence-electron chi connectivity index (χ2n) is 7.66. The number of carbonyl (C=O) groups excluding carboxylic acids is 1. The molecular weight excluding hydrogens is 388 g/mol. The van der Waals surface area contributed by atoms with E-state index in [-0.39, 0.29) is 11.7 Å². The Bertz CT molecular complexity index is 800. The van der Waals surface area contributed by atoms with Crippen molar-refractivity contribution in [3.8, 4) is 0 Å². The van der Waals surface area contributed by atoms with Crippen LogP contribution in [0.5, 0.6) is 0 Å². The summed E-state index contributed by atoms with van der Waals surface area (Å²) in [6, 6.07) is 7.79. The minimum absolute atomic E-state index is 0.0559. The molecule has 1 saturated heterocycles. The van der Waals surface area contributed by atoms with Gasteiger partial charge in [-0.05, 0) is 30.2 Å². The summed E-state index contributed by atoms with van der Waals surface area (Å²) in [6.45, 7) is 8.17. The summed E-state index contributed by atoms with van der Waals surface area (Å²) in [7, 11) is 3.98. The van der Waals surface area contributed by atoms with Crippen LogP contribution in [0.3, 0.4) is 0 Å². The summed E-state index contributed by atoms with van der Waals surface area (Å²) < 4.78 is 7.57. The van der Waals surface area contributed by atoms with E-state index in [4.69, 9.17) is 4.74 Å². The zero-order chi connectivity index (χ0) is 20.8. The number of nitrogens with zero attached hydrogens (tertiary/aromatic N) is 5. The van der Waals surface area contributed by atoms with Crippen molar-refractivity contribution in [1.29, 1.82) is 0 Å². The Balaban J connectivity index is 1.62. The molecule has 1 N–H and O–H groups in total. The molecule has 2 heterocycles. The van der Waals surface area contributed by atoms with Crippen LogP contribution in [0.15, 0.2) is 29.4 Å². The summed E-state index contributed by atoms with van der Waals surface area (Å²) in [5.41, 5.74) is 1.88. The zero-order valence-electron chi connectivity index (χ0n) is 17.6. The first-order valence-electron chi connectivity index (χ1n) is 9.90. The van der Waals surface area contributed by atoms with Gasteiger partial charge in [-0.3, -0.25) is 9.36 Å². The molecule has 0 spiro atoms. The molecule has 0 bridgehead atoms. The highest BCUT2D eigenvalue weighted by atomic mass is 32.2. The van der Waals surface area contributed by atoms with E-state index >= 15 is 0 Å². The van der Waals surface area contributed by atoms with Crippen LogP contribution in [0.4, 0.5) is 17.3 Å². The molecule has 2 aromatic rings. The number of thioether (sulfide) groups is 1. The van der Waals surface area contributed by atoms with E-state index in [2.05, 4.69) is 38.8 Å². The molecule has 1 aliphatic heterocycles. The number of benzene rings is 1. The first-order chi connectivity index (χ1) is 13.9. The third kappa shape index (κ3) is 5.86. The lowest BCUT2D eigenvalue weighted by atomic mass is 10.2. The molecule has 29 heavy (non-hydrogen) atoms. The standard InChI is InChI=1S/C20H30N6O2S/c1-15(2)13-26-19(25-9-11-28-12-10-25)22-23-20(26)29-14-18(27)21-16-5-7-17(8-6-16)24(3)4/h5-8,15H,9-14H2,1-4H3,(H,21,27). The third-order valence-corrected chi connectivity index (χ3v) is 5.51. The van der Waals surface area contributed by atoms with Gasteiger partial charge in [-0.1, -0.05) is 25.6 Å². The molecular formula is C20H30N6O2S. The summed E-state index contributed by atoms with van der Waals surface area (Å²) in [5.74, 6) is 1.55. The number of aromatic nitrogens is 3. The number of nitrogens with one attached hydrogen (secondary N) is 1. The second-order valence-corrected chi connectivity index (χ2v) is 8.61. The van der Waals surface area contributed by atoms with E-state index < -0.39 is 0 Å². The van der Waals surface area contributed by atoms with E-state index in [9.17, 15) is 4.79 Å². The highest BCUT2D eigenvalue weighted by Crippen LogP contribution is 2.24. The fraction of sp³-hybridized carbons (Fsp3) is 0.550. The van der Waals surface area contributed by atoms with Crippen LogP contribution in [0.25, 0.3) is 0 Å². The number of morpholine rings is 1. The Hall–Kier alpha value is -2.26. The molecule has 1 amide bonds. The number of carbonyl (C=O) groups is 1. The highest BCUT2D eigenvalue weighted by Gasteiger charge is 2.21. The Kier molecular flexibility index (Phi) is 7.38. The number of hydrogen-bond donors (Lipinski definition) is 1. The molecule has 8 nitrogen and oxygen atoms in total. The number of rotatable bonds is 8. The van der Waals surface area contributed by atoms with Gasteiger partial charge in [-0.25, -0.2) is 0 Å². The van der Waals surface area contributed by atoms with E-state index in [1.54, 1.807) is 0 Å². The Morgan fingerprint density at radius 1 is 1.21 bits per heavy atom. The minimum Gasteiger partial charge on any atom is -0.378 e. The van der Waals surface area contributed by atoms with E-state index in [0.717, 1.165) is 42.1 Å². The number of ether oxygens (including phenoxy) is 1. The molecule has 1 aromatic heterocycles. The Labute approximate surface area is 176 Å². The Morgan fingerprint density at radius 2 is 1.90 bits per heavy atom. The maximum atomic E-state index is 12.4. The molecule has 0 aliphatic carbocycles. The molecule has 0 atom stereocenters. The molecule has 1 aromatic carbocycles. The van der Waals surface area contributed by atoms with Gasteiger partial charge in [0.1, 0.15) is 0 Å². The van der Waals surface area contributed by atoms with Crippen molar-refractivity contribution in [1.82, 2.24) is 14.8 Å². The van der Waals surface area contributed by atoms with Crippen LogP contribution < -0.4 is 15.1 Å². The third-order valence-electron chi connectivity index (χ3n) is 4.54. The first kappa shape index (κ1) is 21.4. The molecule has 3 rings (SSSR count). The van der Waals surface area contributed by atoms with Crippen molar-refractivity contribution in [2.45, 2.75) is 25.5 Å². The van der Waals surface area contributed by atoms with Crippen molar-refractivity contribution in [3.63, 3.8) is 0 Å². The lowest BCUT2D eigenvalue weighted by Crippen LogP contribution is -2.38. The quantitative estimate of drug-likeness (QED) is 0.660. The van der Waals surface area contributed by atoms with Crippen molar-refractivity contribution in [3.05, 3.63) is 24.3 Å². The maximum absolute atomic E-state index is 12.4. The average Bonchev–Trinajstić information content (AvgIpc) is 3.09. The van der Waals surface area contributed by atoms with Crippen molar-refractivity contribution in [2.24, 2.45) is 5.92 Å². The Morgan fingerprint density at radius 3 is 2.52 bits per heavy atom. The van der Waals surface area contributed by atoms with Crippen LogP contribution in [-0.4, -0.2) is 66.8 Å². The van der Waals surface area contributed by atoms with Gasteiger partial charge in [0, 0.05) is 45.1 Å². The smallest absolute Gasteiger partial charge is 0.234 e. The van der Waals surface area contributed by atoms with Gasteiger partial charge >= 0.3 is 0 Å². The maximum Gasteiger partial charge on any atom is 0.234 e. The largest absolute Gasteiger partial charge is 0.378 e. The first-order valence-corrected chi connectivity index (χ1v) is 10.9. The van der Waals surface area contributed by atoms with Gasteiger partial charge in [0.2, 0.25) is 11.9 Å². The predicted molar refractivity (Wildman–Crippen MR) is 118 cm³/mol. The summed E-state index contributed by atoms with van der Waals surface area (Å²) in [4.78, 5) is 16.6. The lowest BCUT2D eigenvalue weighted by molar-refractivity contribution is -0.113. The SMILES string of the molecule is CC(C)Cn1c(SCC(=O)Nc2ccc(N(C)C)cc2)nnc1N1CCOCC1. The van der Waals surface area contributed by atoms with E-state index in [1.807, 2.05) is 43.3 Å². The molecule has 0 saturated carbocycles. The van der Waals surface area contributed by atoms with Crippen molar-refractivity contribution >= 4 is 35.0 Å². The van der Waals surface area contributed by atoms with Gasteiger partial charge in [0.15, 0.2) is 5.16 Å². The molecule has 0 radical (unpaired) electrons. The monoisotopic (exact) mass is 418 g/mol. The van der Waals surface area contributed by atoms with Crippen LogP contribution in [0, 0.1) is 5.92 Å². The second kappa shape index (κ2) is 9.98.